The van der Waals surface area contributed by atoms with Crippen LogP contribution in [0.25, 0.3) is 16.7 Å². The number of para-hydroxylation sites is 2. The van der Waals surface area contributed by atoms with E-state index in [0.717, 1.165) is 10.9 Å². The molecule has 2 N–H and O–H groups in total. The molecule has 1 fully saturated rings. The van der Waals surface area contributed by atoms with Gasteiger partial charge in [-0.1, -0.05) is 36.4 Å². The second kappa shape index (κ2) is 9.03. The van der Waals surface area contributed by atoms with E-state index in [9.17, 15) is 24.8 Å². The number of hydrogen-bond donors (Lipinski definition) is 2. The number of carbonyl (C=O) groups excluding carboxylic acids is 2. The first-order valence-corrected chi connectivity index (χ1v) is 11.1. The van der Waals surface area contributed by atoms with Gasteiger partial charge in [0.15, 0.2) is 0 Å². The molecule has 1 saturated heterocycles. The smallest absolute Gasteiger partial charge is 0.295 e. The van der Waals surface area contributed by atoms with E-state index in [4.69, 9.17) is 4.74 Å². The predicted octanol–water partition coefficient (Wildman–Crippen LogP) is 4.71. The Morgan fingerprint density at radius 2 is 1.75 bits per heavy atom. The molecule has 1 aliphatic rings. The fourth-order valence-corrected chi connectivity index (χ4v) is 4.60. The highest BCUT2D eigenvalue weighted by Gasteiger charge is 2.47. The van der Waals surface area contributed by atoms with Crippen LogP contribution in [0.1, 0.15) is 22.7 Å². The van der Waals surface area contributed by atoms with E-state index in [2.05, 4.69) is 4.98 Å². The minimum Gasteiger partial charge on any atom is -0.507 e. The summed E-state index contributed by atoms with van der Waals surface area (Å²) in [6, 6.07) is 18.9. The van der Waals surface area contributed by atoms with Crippen molar-refractivity contribution in [3.63, 3.8) is 0 Å². The van der Waals surface area contributed by atoms with E-state index in [-0.39, 0.29) is 23.4 Å². The number of aromatic amines is 1. The molecule has 3 aromatic carbocycles. The Kier molecular flexibility index (Phi) is 5.73. The number of non-ortho nitro benzene ring substituents is 1. The molecule has 9 nitrogen and oxygen atoms in total. The highest BCUT2D eigenvalue weighted by Crippen LogP contribution is 2.43. The number of likely N-dealkylation sites (tertiary alicyclic amines) is 1. The monoisotopic (exact) mass is 483 g/mol. The number of amides is 1. The number of nitro benzene ring substituents is 1. The van der Waals surface area contributed by atoms with Crippen molar-refractivity contribution in [3.05, 3.63) is 111 Å². The third kappa shape index (κ3) is 3.76. The lowest BCUT2D eigenvalue weighted by atomic mass is 9.94. The fourth-order valence-electron chi connectivity index (χ4n) is 4.60. The van der Waals surface area contributed by atoms with Crippen LogP contribution in [0, 0.1) is 10.1 Å². The number of nitrogens with one attached hydrogen (secondary N) is 1. The highest BCUT2D eigenvalue weighted by atomic mass is 16.6. The molecule has 1 amide bonds. The molecule has 0 bridgehead atoms. The molecular formula is C27H21N3O6. The lowest BCUT2D eigenvalue weighted by molar-refractivity contribution is -0.384. The Morgan fingerprint density at radius 3 is 2.47 bits per heavy atom. The fraction of sp³-hybridized carbons (Fsp3) is 0.111. The average molecular weight is 483 g/mol. The summed E-state index contributed by atoms with van der Waals surface area (Å²) >= 11 is 0. The van der Waals surface area contributed by atoms with Crippen molar-refractivity contribution in [3.8, 4) is 5.75 Å². The van der Waals surface area contributed by atoms with Crippen LogP contribution in [0.2, 0.25) is 0 Å². The number of benzene rings is 3. The third-order valence-electron chi connectivity index (χ3n) is 6.34. The van der Waals surface area contributed by atoms with Crippen LogP contribution in [0.15, 0.2) is 84.6 Å². The zero-order chi connectivity index (χ0) is 25.4. The first-order valence-electron chi connectivity index (χ1n) is 11.1. The first kappa shape index (κ1) is 22.9. The number of aliphatic hydroxyl groups is 1. The minimum absolute atomic E-state index is 0.0653. The molecule has 9 heteroatoms. The number of carbonyl (C=O) groups is 2. The van der Waals surface area contributed by atoms with Gasteiger partial charge in [-0.2, -0.15) is 0 Å². The standard InChI is InChI=1S/C27H21N3O6/c1-36-22-9-5-2-6-17(22)15-29-24(20-14-28-21-8-4-3-7-19(20)21)23(26(32)27(29)33)25(31)16-10-12-18(13-11-16)30(34)35/h2-14,24,28,31H,15H2,1H3/b25-23+. The number of rotatable bonds is 6. The second-order valence-corrected chi connectivity index (χ2v) is 8.33. The van der Waals surface area contributed by atoms with Crippen LogP contribution < -0.4 is 4.74 Å². The number of fused-ring (bicyclic) bond motifs is 1. The maximum absolute atomic E-state index is 13.3. The van der Waals surface area contributed by atoms with Crippen molar-refractivity contribution < 1.29 is 24.4 Å². The lowest BCUT2D eigenvalue weighted by Crippen LogP contribution is -2.29. The minimum atomic E-state index is -0.902. The molecule has 0 aliphatic carbocycles. The van der Waals surface area contributed by atoms with Crippen molar-refractivity contribution in [2.24, 2.45) is 0 Å². The van der Waals surface area contributed by atoms with E-state index < -0.39 is 28.4 Å². The molecule has 1 aromatic heterocycles. The van der Waals surface area contributed by atoms with Gasteiger partial charge >= 0.3 is 0 Å². The Hall–Kier alpha value is -4.92. The number of Topliss-reactive ketones (excluding diaryl/α,β-unsaturated/α-hetero) is 1. The van der Waals surface area contributed by atoms with Gasteiger partial charge in [0.2, 0.25) is 0 Å². The number of nitrogens with zero attached hydrogens (tertiary/aromatic N) is 2. The second-order valence-electron chi connectivity index (χ2n) is 8.33. The maximum atomic E-state index is 13.3. The Bertz CT molecular complexity index is 1540. The van der Waals surface area contributed by atoms with Crippen LogP contribution in [-0.2, 0) is 16.1 Å². The largest absolute Gasteiger partial charge is 0.507 e. The van der Waals surface area contributed by atoms with Gasteiger partial charge in [0.1, 0.15) is 11.5 Å². The van der Waals surface area contributed by atoms with Crippen molar-refractivity contribution in [1.29, 1.82) is 0 Å². The lowest BCUT2D eigenvalue weighted by Gasteiger charge is -2.25. The summed E-state index contributed by atoms with van der Waals surface area (Å²) in [7, 11) is 1.53. The number of methoxy groups -OCH3 is 1. The maximum Gasteiger partial charge on any atom is 0.295 e. The summed E-state index contributed by atoms with van der Waals surface area (Å²) in [5, 5.41) is 23.1. The Balaban J connectivity index is 1.69. The number of ketones is 1. The van der Waals surface area contributed by atoms with Crippen LogP contribution in [0.4, 0.5) is 5.69 Å². The first-order chi connectivity index (χ1) is 17.4. The summed E-state index contributed by atoms with van der Waals surface area (Å²) in [4.78, 5) is 41.7. The van der Waals surface area contributed by atoms with E-state index in [0.29, 0.717) is 16.9 Å². The van der Waals surface area contributed by atoms with Gasteiger partial charge in [0.05, 0.1) is 30.2 Å². The Labute approximate surface area is 205 Å². The van der Waals surface area contributed by atoms with Crippen LogP contribution in [-0.4, -0.2) is 38.7 Å². The molecule has 5 rings (SSSR count). The van der Waals surface area contributed by atoms with E-state index in [1.165, 1.54) is 36.3 Å². The van der Waals surface area contributed by atoms with Crippen LogP contribution in [0.3, 0.4) is 0 Å². The van der Waals surface area contributed by atoms with E-state index in [1.807, 2.05) is 36.4 Å². The summed E-state index contributed by atoms with van der Waals surface area (Å²) in [5.74, 6) is -1.44. The summed E-state index contributed by atoms with van der Waals surface area (Å²) in [6.45, 7) is 0.0653. The van der Waals surface area contributed by atoms with Gasteiger partial charge < -0.3 is 19.7 Å². The molecule has 0 radical (unpaired) electrons. The molecule has 0 saturated carbocycles. The summed E-state index contributed by atoms with van der Waals surface area (Å²) in [6.07, 6.45) is 1.72. The van der Waals surface area contributed by atoms with Gasteiger partial charge in [-0.15, -0.1) is 0 Å². The zero-order valence-electron chi connectivity index (χ0n) is 19.2. The topological polar surface area (TPSA) is 126 Å². The highest BCUT2D eigenvalue weighted by molar-refractivity contribution is 6.46. The van der Waals surface area contributed by atoms with Gasteiger partial charge in [-0.25, -0.2) is 0 Å². The van der Waals surface area contributed by atoms with Gasteiger partial charge in [0, 0.05) is 45.9 Å². The molecule has 1 unspecified atom stereocenters. The number of ether oxygens (including phenoxy) is 1. The van der Waals surface area contributed by atoms with E-state index in [1.54, 1.807) is 18.3 Å². The summed E-state index contributed by atoms with van der Waals surface area (Å²) in [5.41, 5.74) is 2.10. The molecule has 4 aromatic rings. The van der Waals surface area contributed by atoms with Crippen molar-refractivity contribution in [1.82, 2.24) is 9.88 Å². The number of nitro groups is 1. The number of aliphatic hydroxyl groups excluding tert-OH is 1. The van der Waals surface area contributed by atoms with Crippen molar-refractivity contribution in [2.45, 2.75) is 12.6 Å². The van der Waals surface area contributed by atoms with Crippen LogP contribution >= 0.6 is 0 Å². The molecular weight excluding hydrogens is 462 g/mol. The molecule has 1 aliphatic heterocycles. The van der Waals surface area contributed by atoms with Gasteiger partial charge in [-0.3, -0.25) is 19.7 Å². The summed E-state index contributed by atoms with van der Waals surface area (Å²) < 4.78 is 5.44. The molecule has 1 atom stereocenters. The molecule has 2 heterocycles. The molecule has 0 spiro atoms. The Morgan fingerprint density at radius 1 is 1.06 bits per heavy atom. The predicted molar refractivity (Wildman–Crippen MR) is 132 cm³/mol. The quantitative estimate of drug-likeness (QED) is 0.135. The van der Waals surface area contributed by atoms with Crippen molar-refractivity contribution >= 4 is 34.0 Å². The number of aromatic nitrogens is 1. The average Bonchev–Trinajstić information content (AvgIpc) is 3.43. The number of H-pyrrole nitrogens is 1. The molecule has 180 valence electrons. The van der Waals surface area contributed by atoms with Crippen LogP contribution in [0.5, 0.6) is 5.75 Å². The number of hydrogen-bond acceptors (Lipinski definition) is 6. The van der Waals surface area contributed by atoms with E-state index >= 15 is 0 Å². The zero-order valence-corrected chi connectivity index (χ0v) is 19.2. The third-order valence-corrected chi connectivity index (χ3v) is 6.34. The molecule has 36 heavy (non-hydrogen) atoms. The van der Waals surface area contributed by atoms with Crippen molar-refractivity contribution in [2.75, 3.05) is 7.11 Å². The van der Waals surface area contributed by atoms with Gasteiger partial charge in [0.25, 0.3) is 17.4 Å². The normalized spacial score (nSPS) is 17.0. The van der Waals surface area contributed by atoms with Gasteiger partial charge in [-0.05, 0) is 24.3 Å². The SMILES string of the molecule is COc1ccccc1CN1C(=O)C(=O)/C(=C(/O)c2ccc([N+](=O)[O-])cc2)C1c1c[nH]c2ccccc12.